The molecule has 0 radical (unpaired) electrons. The lowest BCUT2D eigenvalue weighted by molar-refractivity contribution is -0.139. The number of rotatable bonds is 6. The van der Waals surface area contributed by atoms with Crippen LogP contribution in [0.4, 0.5) is 4.79 Å². The van der Waals surface area contributed by atoms with Gasteiger partial charge >= 0.3 is 16.4 Å². The molecule has 0 aliphatic carbocycles. The minimum atomic E-state index is -4.80. The first-order valence-corrected chi connectivity index (χ1v) is 9.34. The average Bonchev–Trinajstić information content (AvgIpc) is 2.79. The first kappa shape index (κ1) is 18.3. The summed E-state index contributed by atoms with van der Waals surface area (Å²) >= 11 is 0. The number of carbonyl (C=O) groups excluding carboxylic acids is 2. The van der Waals surface area contributed by atoms with Gasteiger partial charge < -0.3 is 15.5 Å². The number of amides is 3. The molecule has 3 fully saturated rings. The largest absolute Gasteiger partial charge is 0.418 e. The van der Waals surface area contributed by atoms with E-state index in [0.717, 1.165) is 19.6 Å². The minimum Gasteiger partial charge on any atom is -0.314 e. The number of urea groups is 1. The fourth-order valence-electron chi connectivity index (χ4n) is 3.22. The zero-order valence-corrected chi connectivity index (χ0v) is 14.2. The molecule has 4 N–H and O–H groups in total. The second-order valence-electron chi connectivity index (χ2n) is 6.14. The maximum absolute atomic E-state index is 12.3. The minimum absolute atomic E-state index is 0.0804. The van der Waals surface area contributed by atoms with Crippen LogP contribution in [0.5, 0.6) is 0 Å². The van der Waals surface area contributed by atoms with Crippen LogP contribution in [0, 0.1) is 0 Å². The molecule has 13 heteroatoms. The van der Waals surface area contributed by atoms with Crippen molar-refractivity contribution < 1.29 is 31.7 Å². The molecule has 3 atom stereocenters. The quantitative estimate of drug-likeness (QED) is 0.292. The van der Waals surface area contributed by atoms with E-state index in [1.165, 1.54) is 4.90 Å². The number of hydroxylamine groups is 3. The summed E-state index contributed by atoms with van der Waals surface area (Å²) in [6, 6.07) is -2.01. The van der Waals surface area contributed by atoms with Crippen molar-refractivity contribution in [2.75, 3.05) is 32.8 Å². The van der Waals surface area contributed by atoms with Gasteiger partial charge in [-0.1, -0.05) is 0 Å². The molecule has 25 heavy (non-hydrogen) atoms. The third-order valence-electron chi connectivity index (χ3n) is 4.38. The summed E-state index contributed by atoms with van der Waals surface area (Å²) < 4.78 is 34.7. The van der Waals surface area contributed by atoms with Crippen LogP contribution in [0.25, 0.3) is 0 Å². The maximum atomic E-state index is 12.3. The molecule has 3 amide bonds. The maximum Gasteiger partial charge on any atom is 0.418 e. The summed E-state index contributed by atoms with van der Waals surface area (Å²) in [7, 11) is -4.80. The van der Waals surface area contributed by atoms with Gasteiger partial charge in [-0.2, -0.15) is 13.5 Å². The zero-order chi connectivity index (χ0) is 18.0. The summed E-state index contributed by atoms with van der Waals surface area (Å²) in [5, 5.41) is 7.02. The van der Waals surface area contributed by atoms with Crippen LogP contribution in [0.1, 0.15) is 12.8 Å². The zero-order valence-electron chi connectivity index (χ0n) is 13.4. The standard InChI is InChI=1S/C12H21N5O7S/c18-11(15-23-7-8-5-13-3-4-14-8)10-2-1-9-6-16(10)12(19)17(9)24-25(20,21)22/h8-10,13-14H,1-7H2,(H,15,18)(H,20,21,22)/t8-,9+,10-/m0/s1. The number of nitrogens with zero attached hydrogens (tertiary/aromatic N) is 2. The number of piperidine rings is 1. The number of hydrogen-bond acceptors (Lipinski definition) is 8. The van der Waals surface area contributed by atoms with Gasteiger partial charge in [0.2, 0.25) is 0 Å². The van der Waals surface area contributed by atoms with Gasteiger partial charge in [0.25, 0.3) is 5.91 Å². The molecule has 3 rings (SSSR count). The van der Waals surface area contributed by atoms with Crippen LogP contribution in [-0.2, 0) is 24.3 Å². The van der Waals surface area contributed by atoms with Gasteiger partial charge in [0.15, 0.2) is 0 Å². The van der Waals surface area contributed by atoms with E-state index in [-0.39, 0.29) is 19.2 Å². The fourth-order valence-corrected chi connectivity index (χ4v) is 3.60. The summed E-state index contributed by atoms with van der Waals surface area (Å²) in [6.45, 7) is 2.84. The van der Waals surface area contributed by atoms with Crippen LogP contribution in [-0.4, -0.2) is 85.8 Å². The summed E-state index contributed by atoms with van der Waals surface area (Å²) in [4.78, 5) is 30.9. The Morgan fingerprint density at radius 1 is 1.36 bits per heavy atom. The predicted molar refractivity (Wildman–Crippen MR) is 82.1 cm³/mol. The second-order valence-corrected chi connectivity index (χ2v) is 7.15. The molecule has 0 aromatic rings. The Morgan fingerprint density at radius 2 is 2.16 bits per heavy atom. The summed E-state index contributed by atoms with van der Waals surface area (Å²) in [5.74, 6) is -0.482. The SMILES string of the molecule is O=C(NOC[C@@H]1CNCCN1)[C@@H]1CC[C@@H]2CN1C(=O)N2OS(=O)(=O)O. The third kappa shape index (κ3) is 4.37. The van der Waals surface area contributed by atoms with Gasteiger partial charge in [-0.3, -0.25) is 14.2 Å². The van der Waals surface area contributed by atoms with Crippen LogP contribution in [0.3, 0.4) is 0 Å². The summed E-state index contributed by atoms with van der Waals surface area (Å²) in [6.07, 6.45) is 0.699. The monoisotopic (exact) mass is 379 g/mol. The topological polar surface area (TPSA) is 150 Å². The van der Waals surface area contributed by atoms with E-state index in [9.17, 15) is 18.0 Å². The van der Waals surface area contributed by atoms with Gasteiger partial charge in [0.05, 0.1) is 12.6 Å². The highest BCUT2D eigenvalue weighted by atomic mass is 32.3. The van der Waals surface area contributed by atoms with Crippen molar-refractivity contribution in [3.63, 3.8) is 0 Å². The Bertz CT molecular complexity index is 623. The lowest BCUT2D eigenvalue weighted by Gasteiger charge is -2.29. The number of carbonyl (C=O) groups is 2. The fraction of sp³-hybridized carbons (Fsp3) is 0.833. The summed E-state index contributed by atoms with van der Waals surface area (Å²) in [5.41, 5.74) is 2.34. The highest BCUT2D eigenvalue weighted by Gasteiger charge is 2.49. The van der Waals surface area contributed by atoms with Crippen molar-refractivity contribution in [2.45, 2.75) is 31.0 Å². The molecule has 3 aliphatic rings. The van der Waals surface area contributed by atoms with Gasteiger partial charge in [-0.25, -0.2) is 10.3 Å². The highest BCUT2D eigenvalue weighted by Crippen LogP contribution is 2.30. The number of hydrogen-bond donors (Lipinski definition) is 4. The van der Waals surface area contributed by atoms with Gasteiger partial charge in [-0.05, 0) is 12.8 Å². The first-order chi connectivity index (χ1) is 11.8. The molecule has 0 unspecified atom stereocenters. The Balaban J connectivity index is 1.51. The molecule has 2 bridgehead atoms. The number of fused-ring (bicyclic) bond motifs is 2. The molecule has 12 nitrogen and oxygen atoms in total. The molecule has 3 heterocycles. The lowest BCUT2D eigenvalue weighted by atomic mass is 10.0. The molecule has 3 aliphatic heterocycles. The lowest BCUT2D eigenvalue weighted by Crippen LogP contribution is -2.53. The van der Waals surface area contributed by atoms with Gasteiger partial charge in [0.1, 0.15) is 6.04 Å². The van der Waals surface area contributed by atoms with E-state index >= 15 is 0 Å². The van der Waals surface area contributed by atoms with Crippen LogP contribution >= 0.6 is 0 Å². The van der Waals surface area contributed by atoms with E-state index in [1.54, 1.807) is 0 Å². The normalized spacial score (nSPS) is 29.8. The number of piperazine rings is 1. The molecule has 0 saturated carbocycles. The van der Waals surface area contributed by atoms with E-state index < -0.39 is 34.4 Å². The highest BCUT2D eigenvalue weighted by molar-refractivity contribution is 7.80. The average molecular weight is 379 g/mol. The molecule has 3 saturated heterocycles. The van der Waals surface area contributed by atoms with Crippen molar-refractivity contribution >= 4 is 22.3 Å². The second kappa shape index (κ2) is 7.39. The van der Waals surface area contributed by atoms with Crippen LogP contribution < -0.4 is 16.1 Å². The van der Waals surface area contributed by atoms with E-state index in [1.807, 2.05) is 0 Å². The van der Waals surface area contributed by atoms with Crippen LogP contribution in [0.15, 0.2) is 0 Å². The van der Waals surface area contributed by atoms with Crippen molar-refractivity contribution in [2.24, 2.45) is 0 Å². The van der Waals surface area contributed by atoms with Crippen molar-refractivity contribution in [1.29, 1.82) is 0 Å². The molecular weight excluding hydrogens is 358 g/mol. The van der Waals surface area contributed by atoms with Crippen LogP contribution in [0.2, 0.25) is 0 Å². The van der Waals surface area contributed by atoms with E-state index in [4.69, 9.17) is 9.39 Å². The third-order valence-corrected chi connectivity index (χ3v) is 4.73. The van der Waals surface area contributed by atoms with E-state index in [2.05, 4.69) is 20.4 Å². The molecule has 0 aromatic carbocycles. The first-order valence-electron chi connectivity index (χ1n) is 7.98. The van der Waals surface area contributed by atoms with Crippen molar-refractivity contribution in [3.05, 3.63) is 0 Å². The van der Waals surface area contributed by atoms with Crippen molar-refractivity contribution in [1.82, 2.24) is 26.1 Å². The molecule has 142 valence electrons. The van der Waals surface area contributed by atoms with Gasteiger partial charge in [-0.15, -0.1) is 4.28 Å². The Hall–Kier alpha value is -1.51. The Kier molecular flexibility index (Phi) is 5.41. The molecule has 0 spiro atoms. The molecular formula is C12H21N5O7S. The van der Waals surface area contributed by atoms with E-state index in [0.29, 0.717) is 17.9 Å². The van der Waals surface area contributed by atoms with Gasteiger partial charge in [0, 0.05) is 32.2 Å². The van der Waals surface area contributed by atoms with Crippen molar-refractivity contribution in [3.8, 4) is 0 Å². The number of nitrogens with one attached hydrogen (secondary N) is 3. The Labute approximate surface area is 144 Å². The molecule has 0 aromatic heterocycles. The Morgan fingerprint density at radius 3 is 2.84 bits per heavy atom. The smallest absolute Gasteiger partial charge is 0.314 e. The predicted octanol–water partition coefficient (Wildman–Crippen LogP) is -2.40.